The van der Waals surface area contributed by atoms with Crippen molar-refractivity contribution < 1.29 is 13.9 Å². The molecule has 4 rings (SSSR count). The molecule has 140 valence electrons. The highest BCUT2D eigenvalue weighted by Crippen LogP contribution is 2.28. The zero-order valence-electron chi connectivity index (χ0n) is 14.0. The first-order valence-electron chi connectivity index (χ1n) is 7.82. The fraction of sp³-hybridized carbons (Fsp3) is 0.188. The molecule has 1 aromatic carbocycles. The Morgan fingerprint density at radius 3 is 2.07 bits per heavy atom. The van der Waals surface area contributed by atoms with Crippen molar-refractivity contribution >= 4 is 0 Å². The van der Waals surface area contributed by atoms with Gasteiger partial charge in [0.2, 0.25) is 0 Å². The van der Waals surface area contributed by atoms with Crippen LogP contribution in [0.4, 0.5) is 8.78 Å². The van der Waals surface area contributed by atoms with Gasteiger partial charge in [0.05, 0.1) is 19.4 Å². The maximum absolute atomic E-state index is 14.1. The van der Waals surface area contributed by atoms with Crippen LogP contribution in [0, 0.1) is 11.6 Å². The Morgan fingerprint density at radius 2 is 1.67 bits per heavy atom. The topological polar surface area (TPSA) is 110 Å². The molecule has 3 heterocycles. The highest BCUT2D eigenvalue weighted by Gasteiger charge is 2.34. The van der Waals surface area contributed by atoms with Crippen LogP contribution in [-0.2, 0) is 18.7 Å². The number of hydrogen-bond donors (Lipinski definition) is 2. The smallest absolute Gasteiger partial charge is 0.137 e. The van der Waals surface area contributed by atoms with Gasteiger partial charge in [-0.25, -0.2) is 33.1 Å². The van der Waals surface area contributed by atoms with Crippen molar-refractivity contribution in [1.29, 1.82) is 0 Å². The van der Waals surface area contributed by atoms with Gasteiger partial charge in [-0.1, -0.05) is 6.07 Å². The number of benzene rings is 1. The molecule has 0 unspecified atom stereocenters. The standard InChI is InChI=1S/C13H12F2N6O.C3H4N2/c14-10-1-2-11(12(15)3-10)13(22,4-20-8-16-6-18-20)5-21-9-17-7-19-21;1-2-5-3-4-1/h1-3,6-9,22H,4-5H2;1-3H,(H,4,5). The summed E-state index contributed by atoms with van der Waals surface area (Å²) < 4.78 is 29.9. The molecule has 27 heavy (non-hydrogen) atoms. The number of rotatable bonds is 5. The molecule has 0 saturated heterocycles. The summed E-state index contributed by atoms with van der Waals surface area (Å²) in [6.07, 6.45) is 10.5. The molecule has 0 bridgehead atoms. The highest BCUT2D eigenvalue weighted by atomic mass is 19.1. The van der Waals surface area contributed by atoms with Crippen molar-refractivity contribution in [3.05, 3.63) is 79.4 Å². The molecule has 0 aliphatic carbocycles. The lowest BCUT2D eigenvalue weighted by atomic mass is 9.93. The first kappa shape index (κ1) is 18.3. The average molecular weight is 374 g/mol. The van der Waals surface area contributed by atoms with Crippen LogP contribution in [-0.4, -0.2) is 44.6 Å². The predicted molar refractivity (Wildman–Crippen MR) is 88.9 cm³/mol. The second-order valence-electron chi connectivity index (χ2n) is 5.60. The number of imidazole rings is 1. The molecule has 0 fully saturated rings. The van der Waals surface area contributed by atoms with E-state index in [1.165, 1.54) is 40.7 Å². The summed E-state index contributed by atoms with van der Waals surface area (Å²) in [7, 11) is 0. The lowest BCUT2D eigenvalue weighted by molar-refractivity contribution is -0.00855. The third-order valence-corrected chi connectivity index (χ3v) is 3.62. The van der Waals surface area contributed by atoms with E-state index in [1.807, 2.05) is 0 Å². The fourth-order valence-electron chi connectivity index (χ4n) is 2.47. The summed E-state index contributed by atoms with van der Waals surface area (Å²) in [5.74, 6) is -1.56. The van der Waals surface area contributed by atoms with E-state index in [4.69, 9.17) is 0 Å². The van der Waals surface area contributed by atoms with Gasteiger partial charge < -0.3 is 10.1 Å². The van der Waals surface area contributed by atoms with E-state index in [-0.39, 0.29) is 18.7 Å². The molecule has 0 radical (unpaired) electrons. The Hall–Kier alpha value is -3.47. The van der Waals surface area contributed by atoms with E-state index < -0.39 is 17.2 Å². The third kappa shape index (κ3) is 4.79. The Bertz CT molecular complexity index is 872. The van der Waals surface area contributed by atoms with Crippen LogP contribution in [0.1, 0.15) is 5.56 Å². The average Bonchev–Trinajstić information content (AvgIpc) is 3.40. The zero-order chi connectivity index (χ0) is 19.1. The summed E-state index contributed by atoms with van der Waals surface area (Å²) >= 11 is 0. The van der Waals surface area contributed by atoms with E-state index in [9.17, 15) is 13.9 Å². The van der Waals surface area contributed by atoms with Crippen LogP contribution in [0.3, 0.4) is 0 Å². The molecule has 9 nitrogen and oxygen atoms in total. The molecule has 0 amide bonds. The van der Waals surface area contributed by atoms with Gasteiger partial charge in [-0.3, -0.25) is 0 Å². The molecule has 0 aliphatic rings. The predicted octanol–water partition coefficient (Wildman–Crippen LogP) is 1.15. The number of H-pyrrole nitrogens is 1. The van der Waals surface area contributed by atoms with Gasteiger partial charge in [-0.2, -0.15) is 10.2 Å². The largest absolute Gasteiger partial charge is 0.381 e. The molecule has 11 heteroatoms. The minimum atomic E-state index is -1.70. The van der Waals surface area contributed by atoms with Crippen molar-refractivity contribution in [3.8, 4) is 0 Å². The molecule has 3 aromatic heterocycles. The molecule has 0 spiro atoms. The summed E-state index contributed by atoms with van der Waals surface area (Å²) in [6.45, 7) is -0.148. The molecule has 2 N–H and O–H groups in total. The highest BCUT2D eigenvalue weighted by molar-refractivity contribution is 5.25. The van der Waals surface area contributed by atoms with Crippen molar-refractivity contribution in [3.63, 3.8) is 0 Å². The van der Waals surface area contributed by atoms with Crippen LogP contribution in [0.5, 0.6) is 0 Å². The van der Waals surface area contributed by atoms with E-state index in [2.05, 4.69) is 30.1 Å². The Morgan fingerprint density at radius 1 is 1.00 bits per heavy atom. The molecule has 4 aromatic rings. The molecule has 0 aliphatic heterocycles. The van der Waals surface area contributed by atoms with Crippen LogP contribution < -0.4 is 0 Å². The lowest BCUT2D eigenvalue weighted by Gasteiger charge is -2.28. The van der Waals surface area contributed by atoms with Crippen molar-refractivity contribution in [2.75, 3.05) is 0 Å². The van der Waals surface area contributed by atoms with Crippen molar-refractivity contribution in [1.82, 2.24) is 39.5 Å². The SMILES string of the molecule is OC(Cn1cncn1)(Cn1cncn1)c1ccc(F)cc1F.c1c[nH]cn1. The number of hydrogen-bond acceptors (Lipinski definition) is 6. The van der Waals surface area contributed by atoms with Gasteiger partial charge in [0.1, 0.15) is 42.5 Å². The number of nitrogens with one attached hydrogen (secondary N) is 1. The number of halogens is 2. The Balaban J connectivity index is 0.000000364. The summed E-state index contributed by atoms with van der Waals surface area (Å²) in [6, 6.07) is 3.02. The van der Waals surface area contributed by atoms with Crippen LogP contribution >= 0.6 is 0 Å². The molecule has 0 saturated carbocycles. The normalized spacial score (nSPS) is 11.1. The second kappa shape index (κ2) is 8.27. The van der Waals surface area contributed by atoms with E-state index >= 15 is 0 Å². The monoisotopic (exact) mass is 374 g/mol. The maximum Gasteiger partial charge on any atom is 0.137 e. The fourth-order valence-corrected chi connectivity index (χ4v) is 2.47. The first-order valence-corrected chi connectivity index (χ1v) is 7.82. The third-order valence-electron chi connectivity index (χ3n) is 3.62. The molecular weight excluding hydrogens is 358 g/mol. The van der Waals surface area contributed by atoms with Crippen LogP contribution in [0.15, 0.2) is 62.2 Å². The first-order chi connectivity index (χ1) is 13.1. The van der Waals surface area contributed by atoms with Gasteiger partial charge in [0, 0.05) is 24.0 Å². The van der Waals surface area contributed by atoms with E-state index in [0.29, 0.717) is 0 Å². The second-order valence-corrected chi connectivity index (χ2v) is 5.60. The van der Waals surface area contributed by atoms with Crippen LogP contribution in [0.2, 0.25) is 0 Å². The van der Waals surface area contributed by atoms with Gasteiger partial charge in [0.25, 0.3) is 0 Å². The summed E-state index contributed by atoms with van der Waals surface area (Å²) in [5.41, 5.74) is -1.75. The Labute approximate surface area is 152 Å². The summed E-state index contributed by atoms with van der Waals surface area (Å²) in [5, 5.41) is 18.8. The number of aliphatic hydroxyl groups is 1. The molecule has 0 atom stereocenters. The zero-order valence-corrected chi connectivity index (χ0v) is 14.0. The lowest BCUT2D eigenvalue weighted by Crippen LogP contribution is -2.37. The number of aromatic amines is 1. The van der Waals surface area contributed by atoms with Gasteiger partial charge in [-0.05, 0) is 6.07 Å². The van der Waals surface area contributed by atoms with Crippen molar-refractivity contribution in [2.24, 2.45) is 0 Å². The maximum atomic E-state index is 14.1. The quantitative estimate of drug-likeness (QED) is 0.542. The number of aromatic nitrogens is 8. The van der Waals surface area contributed by atoms with E-state index in [0.717, 1.165) is 12.1 Å². The summed E-state index contributed by atoms with van der Waals surface area (Å²) in [4.78, 5) is 14.0. The number of nitrogens with zero attached hydrogens (tertiary/aromatic N) is 7. The van der Waals surface area contributed by atoms with Gasteiger partial charge in [0.15, 0.2) is 0 Å². The van der Waals surface area contributed by atoms with Gasteiger partial charge in [-0.15, -0.1) is 0 Å². The van der Waals surface area contributed by atoms with E-state index in [1.54, 1.807) is 18.7 Å². The Kier molecular flexibility index (Phi) is 5.61. The molecular formula is C16H16F2N8O. The van der Waals surface area contributed by atoms with Gasteiger partial charge >= 0.3 is 0 Å². The minimum absolute atomic E-state index is 0.0556. The van der Waals surface area contributed by atoms with Crippen molar-refractivity contribution in [2.45, 2.75) is 18.7 Å². The van der Waals surface area contributed by atoms with Crippen LogP contribution in [0.25, 0.3) is 0 Å². The minimum Gasteiger partial charge on any atom is -0.381 e.